The highest BCUT2D eigenvalue weighted by molar-refractivity contribution is 5.91. The summed E-state index contributed by atoms with van der Waals surface area (Å²) in [7, 11) is 1.64. The predicted octanol–water partition coefficient (Wildman–Crippen LogP) is 3.33. The molecule has 1 heterocycles. The highest BCUT2D eigenvalue weighted by Gasteiger charge is 2.20. The van der Waals surface area contributed by atoms with Crippen molar-refractivity contribution in [3.63, 3.8) is 0 Å². The molecule has 27 heavy (non-hydrogen) atoms. The molecule has 1 saturated heterocycles. The highest BCUT2D eigenvalue weighted by Crippen LogP contribution is 2.16. The van der Waals surface area contributed by atoms with Crippen molar-refractivity contribution in [1.82, 2.24) is 9.80 Å². The molecule has 0 radical (unpaired) electrons. The minimum absolute atomic E-state index is 0.191. The first kappa shape index (κ1) is 19.0. The monoisotopic (exact) mass is 372 g/mol. The zero-order valence-electron chi connectivity index (χ0n) is 15.2. The molecule has 4 nitrogen and oxygen atoms in total. The van der Waals surface area contributed by atoms with Crippen molar-refractivity contribution in [2.24, 2.45) is 0 Å². The van der Waals surface area contributed by atoms with Gasteiger partial charge in [-0.15, -0.1) is 0 Å². The van der Waals surface area contributed by atoms with Gasteiger partial charge in [-0.05, 0) is 35.9 Å². The normalized spacial score (nSPS) is 15.3. The van der Waals surface area contributed by atoms with Gasteiger partial charge in [-0.3, -0.25) is 9.69 Å². The Labute approximate surface area is 157 Å². The number of hydrogen-bond donors (Lipinski definition) is 0. The Bertz CT molecular complexity index is 793. The molecule has 0 unspecified atom stereocenters. The van der Waals surface area contributed by atoms with Crippen LogP contribution in [0.25, 0.3) is 6.08 Å². The molecule has 0 aliphatic carbocycles. The summed E-state index contributed by atoms with van der Waals surface area (Å²) >= 11 is 0. The molecule has 2 aromatic carbocycles. The van der Waals surface area contributed by atoms with Gasteiger partial charge < -0.3 is 9.64 Å². The number of amides is 1. The van der Waals surface area contributed by atoms with E-state index < -0.39 is 11.6 Å². The minimum atomic E-state index is -0.677. The maximum atomic E-state index is 13.6. The van der Waals surface area contributed by atoms with E-state index in [9.17, 15) is 13.6 Å². The highest BCUT2D eigenvalue weighted by atomic mass is 19.1. The van der Waals surface area contributed by atoms with Gasteiger partial charge in [0, 0.05) is 44.4 Å². The van der Waals surface area contributed by atoms with Crippen LogP contribution in [0.15, 0.2) is 48.5 Å². The van der Waals surface area contributed by atoms with E-state index in [4.69, 9.17) is 4.74 Å². The Kier molecular flexibility index (Phi) is 6.19. The molecular formula is C21H22F2N2O2. The summed E-state index contributed by atoms with van der Waals surface area (Å²) in [4.78, 5) is 16.3. The maximum absolute atomic E-state index is 13.6. The fourth-order valence-electron chi connectivity index (χ4n) is 3.05. The third-order valence-corrected chi connectivity index (χ3v) is 4.64. The third-order valence-electron chi connectivity index (χ3n) is 4.64. The number of nitrogens with zero attached hydrogens (tertiary/aromatic N) is 2. The van der Waals surface area contributed by atoms with Crippen molar-refractivity contribution in [2.75, 3.05) is 33.3 Å². The molecule has 0 saturated carbocycles. The van der Waals surface area contributed by atoms with Crippen molar-refractivity contribution >= 4 is 12.0 Å². The van der Waals surface area contributed by atoms with Crippen LogP contribution in [0.5, 0.6) is 5.75 Å². The zero-order chi connectivity index (χ0) is 19.2. The van der Waals surface area contributed by atoms with Crippen LogP contribution in [0.2, 0.25) is 0 Å². The van der Waals surface area contributed by atoms with Gasteiger partial charge >= 0.3 is 0 Å². The number of benzene rings is 2. The van der Waals surface area contributed by atoms with Gasteiger partial charge in [-0.1, -0.05) is 18.2 Å². The quantitative estimate of drug-likeness (QED) is 0.755. The van der Waals surface area contributed by atoms with E-state index in [1.54, 1.807) is 12.0 Å². The fraction of sp³-hybridized carbons (Fsp3) is 0.286. The second kappa shape index (κ2) is 8.77. The Balaban J connectivity index is 1.52. The summed E-state index contributed by atoms with van der Waals surface area (Å²) in [5, 5.41) is 0. The molecule has 2 aromatic rings. The van der Waals surface area contributed by atoms with Crippen LogP contribution in [0.1, 0.15) is 11.1 Å². The lowest BCUT2D eigenvalue weighted by atomic mass is 10.1. The van der Waals surface area contributed by atoms with E-state index in [1.807, 2.05) is 24.3 Å². The van der Waals surface area contributed by atoms with Crippen LogP contribution in [0, 0.1) is 11.6 Å². The molecule has 0 spiro atoms. The van der Waals surface area contributed by atoms with Crippen LogP contribution < -0.4 is 4.74 Å². The van der Waals surface area contributed by atoms with E-state index in [0.717, 1.165) is 25.4 Å². The molecule has 0 N–H and O–H groups in total. The van der Waals surface area contributed by atoms with Gasteiger partial charge in [0.25, 0.3) is 0 Å². The number of rotatable bonds is 5. The topological polar surface area (TPSA) is 32.8 Å². The average Bonchev–Trinajstić information content (AvgIpc) is 2.68. The molecule has 6 heteroatoms. The molecular weight excluding hydrogens is 350 g/mol. The van der Waals surface area contributed by atoms with Crippen molar-refractivity contribution in [1.29, 1.82) is 0 Å². The van der Waals surface area contributed by atoms with Gasteiger partial charge in [0.05, 0.1) is 7.11 Å². The second-order valence-corrected chi connectivity index (χ2v) is 6.42. The lowest BCUT2D eigenvalue weighted by Gasteiger charge is -2.34. The lowest BCUT2D eigenvalue weighted by molar-refractivity contribution is -0.127. The molecule has 1 fully saturated rings. The van der Waals surface area contributed by atoms with Gasteiger partial charge in [-0.25, -0.2) is 8.78 Å². The first-order valence-electron chi connectivity index (χ1n) is 8.83. The minimum Gasteiger partial charge on any atom is -0.497 e. The average molecular weight is 372 g/mol. The first-order valence-corrected chi connectivity index (χ1v) is 8.83. The van der Waals surface area contributed by atoms with Gasteiger partial charge in [0.1, 0.15) is 17.4 Å². The summed E-state index contributed by atoms with van der Waals surface area (Å²) in [6, 6.07) is 11.6. The second-order valence-electron chi connectivity index (χ2n) is 6.42. The number of piperazine rings is 1. The van der Waals surface area contributed by atoms with Gasteiger partial charge in [0.2, 0.25) is 5.91 Å². The predicted molar refractivity (Wildman–Crippen MR) is 100 cm³/mol. The maximum Gasteiger partial charge on any atom is 0.246 e. The number of methoxy groups -OCH3 is 1. The summed E-state index contributed by atoms with van der Waals surface area (Å²) < 4.78 is 32.4. The van der Waals surface area contributed by atoms with Crippen molar-refractivity contribution in [3.8, 4) is 5.75 Å². The summed E-state index contributed by atoms with van der Waals surface area (Å²) in [6.45, 7) is 3.47. The van der Waals surface area contributed by atoms with Crippen LogP contribution in [-0.2, 0) is 11.3 Å². The van der Waals surface area contributed by atoms with Crippen LogP contribution in [-0.4, -0.2) is 49.0 Å². The van der Waals surface area contributed by atoms with E-state index >= 15 is 0 Å². The van der Waals surface area contributed by atoms with E-state index in [0.29, 0.717) is 13.1 Å². The lowest BCUT2D eigenvalue weighted by Crippen LogP contribution is -2.47. The largest absolute Gasteiger partial charge is 0.497 e. The molecule has 142 valence electrons. The molecule has 1 aliphatic rings. The van der Waals surface area contributed by atoms with E-state index in [1.165, 1.54) is 35.9 Å². The Morgan fingerprint density at radius 2 is 1.67 bits per heavy atom. The standard InChI is InChI=1S/C21H22F2N2O2/c1-27-17-7-5-16(6-8-17)15-24-11-13-25(14-12-24)21(26)10-9-18-19(22)3-2-4-20(18)23/h2-10H,11-15H2,1H3/b10-9+. The fourth-order valence-corrected chi connectivity index (χ4v) is 3.05. The van der Waals surface area contributed by atoms with Crippen molar-refractivity contribution in [3.05, 3.63) is 71.3 Å². The number of halogens is 2. The Hall–Kier alpha value is -2.73. The molecule has 1 aliphatic heterocycles. The van der Waals surface area contributed by atoms with Crippen LogP contribution in [0.4, 0.5) is 8.78 Å². The van der Waals surface area contributed by atoms with E-state index in [-0.39, 0.29) is 11.5 Å². The Morgan fingerprint density at radius 1 is 1.04 bits per heavy atom. The molecule has 0 atom stereocenters. The summed E-state index contributed by atoms with van der Waals surface area (Å²) in [6.07, 6.45) is 2.44. The summed E-state index contributed by atoms with van der Waals surface area (Å²) in [5.74, 6) is -0.763. The van der Waals surface area contributed by atoms with Gasteiger partial charge in [0.15, 0.2) is 0 Å². The van der Waals surface area contributed by atoms with Crippen molar-refractivity contribution < 1.29 is 18.3 Å². The SMILES string of the molecule is COc1ccc(CN2CCN(C(=O)/C=C/c3c(F)cccc3F)CC2)cc1. The van der Waals surface area contributed by atoms with Crippen LogP contribution in [0.3, 0.4) is 0 Å². The molecule has 0 aromatic heterocycles. The third kappa shape index (κ3) is 4.92. The number of ether oxygens (including phenoxy) is 1. The summed E-state index contributed by atoms with van der Waals surface area (Å²) in [5.41, 5.74) is 0.995. The van der Waals surface area contributed by atoms with Crippen molar-refractivity contribution in [2.45, 2.75) is 6.54 Å². The van der Waals surface area contributed by atoms with E-state index in [2.05, 4.69) is 4.90 Å². The molecule has 0 bridgehead atoms. The number of carbonyl (C=O) groups is 1. The first-order chi connectivity index (χ1) is 13.1. The van der Waals surface area contributed by atoms with Gasteiger partial charge in [-0.2, -0.15) is 0 Å². The molecule has 3 rings (SSSR count). The molecule has 1 amide bonds. The smallest absolute Gasteiger partial charge is 0.246 e. The number of hydrogen-bond acceptors (Lipinski definition) is 3. The Morgan fingerprint density at radius 3 is 2.26 bits per heavy atom. The van der Waals surface area contributed by atoms with Crippen LogP contribution >= 0.6 is 0 Å². The number of carbonyl (C=O) groups excluding carboxylic acids is 1. The zero-order valence-corrected chi connectivity index (χ0v) is 15.2.